The summed E-state index contributed by atoms with van der Waals surface area (Å²) < 4.78 is 35.5. The van der Waals surface area contributed by atoms with Gasteiger partial charge in [-0.05, 0) is 76.5 Å². The summed E-state index contributed by atoms with van der Waals surface area (Å²) in [5, 5.41) is 5.94. The number of halogens is 2. The van der Waals surface area contributed by atoms with Crippen LogP contribution in [0.3, 0.4) is 0 Å². The van der Waals surface area contributed by atoms with Crippen LogP contribution in [0.5, 0.6) is 5.75 Å². The van der Waals surface area contributed by atoms with Crippen LogP contribution < -0.4 is 4.74 Å². The SMILES string of the molecule is CCCCCCOc1ccc2cc3c(cc2c1)sc1cc2cc(F)c(F)cc2cc13. The van der Waals surface area contributed by atoms with E-state index in [1.165, 1.54) is 31.4 Å². The first-order chi connectivity index (χ1) is 14.6. The van der Waals surface area contributed by atoms with Crippen LogP contribution in [0.2, 0.25) is 0 Å². The molecule has 0 unspecified atom stereocenters. The Morgan fingerprint density at radius 1 is 0.700 bits per heavy atom. The maximum Gasteiger partial charge on any atom is 0.159 e. The molecule has 0 radical (unpaired) electrons. The molecule has 0 atom stereocenters. The summed E-state index contributed by atoms with van der Waals surface area (Å²) in [6, 6.07) is 17.0. The summed E-state index contributed by atoms with van der Waals surface area (Å²) in [6.07, 6.45) is 4.75. The third-order valence-electron chi connectivity index (χ3n) is 5.66. The Kier molecular flexibility index (Phi) is 5.03. The van der Waals surface area contributed by atoms with Gasteiger partial charge in [0.25, 0.3) is 0 Å². The zero-order valence-corrected chi connectivity index (χ0v) is 17.6. The fraction of sp³-hybridized carbons (Fsp3) is 0.231. The van der Waals surface area contributed by atoms with Crippen molar-refractivity contribution in [3.63, 3.8) is 0 Å². The molecule has 0 fully saturated rings. The highest BCUT2D eigenvalue weighted by atomic mass is 32.1. The molecule has 0 amide bonds. The molecule has 30 heavy (non-hydrogen) atoms. The van der Waals surface area contributed by atoms with E-state index in [1.807, 2.05) is 18.2 Å². The molecule has 0 aliphatic rings. The number of hydrogen-bond acceptors (Lipinski definition) is 2. The fourth-order valence-corrected chi connectivity index (χ4v) is 5.21. The van der Waals surface area contributed by atoms with Crippen molar-refractivity contribution in [1.29, 1.82) is 0 Å². The fourth-order valence-electron chi connectivity index (χ4n) is 4.05. The number of hydrogen-bond donors (Lipinski definition) is 0. The largest absolute Gasteiger partial charge is 0.494 e. The maximum atomic E-state index is 13.7. The number of ether oxygens (including phenoxy) is 1. The van der Waals surface area contributed by atoms with Gasteiger partial charge in [0, 0.05) is 20.2 Å². The van der Waals surface area contributed by atoms with Gasteiger partial charge in [-0.3, -0.25) is 0 Å². The molecular weight excluding hydrogens is 398 g/mol. The summed E-state index contributed by atoms with van der Waals surface area (Å²) in [5.74, 6) is -0.721. The first-order valence-corrected chi connectivity index (χ1v) is 11.3. The summed E-state index contributed by atoms with van der Waals surface area (Å²) >= 11 is 1.68. The van der Waals surface area contributed by atoms with Gasteiger partial charge in [0.2, 0.25) is 0 Å². The summed E-state index contributed by atoms with van der Waals surface area (Å²) in [5.41, 5.74) is 0. The second-order valence-corrected chi connectivity index (χ2v) is 8.91. The highest BCUT2D eigenvalue weighted by Gasteiger charge is 2.11. The highest BCUT2D eigenvalue weighted by molar-refractivity contribution is 7.26. The molecule has 0 bridgehead atoms. The second kappa shape index (κ2) is 7.84. The van der Waals surface area contributed by atoms with Crippen LogP contribution in [-0.4, -0.2) is 6.61 Å². The van der Waals surface area contributed by atoms with Gasteiger partial charge in [-0.25, -0.2) is 8.78 Å². The van der Waals surface area contributed by atoms with E-state index < -0.39 is 11.6 Å². The number of benzene rings is 4. The van der Waals surface area contributed by atoms with Gasteiger partial charge in [-0.2, -0.15) is 0 Å². The molecule has 4 heteroatoms. The zero-order valence-electron chi connectivity index (χ0n) is 16.8. The second-order valence-electron chi connectivity index (χ2n) is 7.83. The standard InChI is InChI=1S/C26H22F2OS/c1-2-3-4-5-8-29-20-7-6-16-10-21-22-11-18-12-23(27)24(28)13-19(18)15-26(22)30-25(21)14-17(16)9-20/h6-7,9-15H,2-5,8H2,1H3. The molecular formula is C26H22F2OS. The van der Waals surface area contributed by atoms with Crippen LogP contribution >= 0.6 is 11.3 Å². The van der Waals surface area contributed by atoms with E-state index in [0.29, 0.717) is 5.39 Å². The van der Waals surface area contributed by atoms with Gasteiger partial charge in [0.15, 0.2) is 11.6 Å². The van der Waals surface area contributed by atoms with Crippen LogP contribution in [0.1, 0.15) is 32.6 Å². The molecule has 0 aliphatic heterocycles. The lowest BCUT2D eigenvalue weighted by atomic mass is 10.0. The predicted molar refractivity (Wildman–Crippen MR) is 124 cm³/mol. The molecule has 0 N–H and O–H groups in total. The molecule has 5 aromatic rings. The minimum absolute atomic E-state index is 0.716. The van der Waals surface area contributed by atoms with Crippen LogP contribution in [0.15, 0.2) is 54.6 Å². The third-order valence-corrected chi connectivity index (χ3v) is 6.78. The van der Waals surface area contributed by atoms with Gasteiger partial charge in [-0.1, -0.05) is 32.3 Å². The number of thiophene rings is 1. The molecule has 0 saturated heterocycles. The summed E-state index contributed by atoms with van der Waals surface area (Å²) in [6.45, 7) is 2.95. The van der Waals surface area contributed by atoms with Crippen molar-refractivity contribution in [2.24, 2.45) is 0 Å². The van der Waals surface area contributed by atoms with E-state index >= 15 is 0 Å². The van der Waals surface area contributed by atoms with Crippen molar-refractivity contribution < 1.29 is 13.5 Å². The molecule has 1 nitrogen and oxygen atoms in total. The van der Waals surface area contributed by atoms with E-state index in [9.17, 15) is 8.78 Å². The molecule has 152 valence electrons. The van der Waals surface area contributed by atoms with E-state index in [4.69, 9.17) is 4.74 Å². The molecule has 0 saturated carbocycles. The molecule has 5 rings (SSSR count). The molecule has 0 spiro atoms. The van der Waals surface area contributed by atoms with Gasteiger partial charge >= 0.3 is 0 Å². The number of unbranched alkanes of at least 4 members (excludes halogenated alkanes) is 3. The minimum atomic E-state index is -0.811. The lowest BCUT2D eigenvalue weighted by Gasteiger charge is -2.07. The Hall–Kier alpha value is -2.72. The number of rotatable bonds is 6. The van der Waals surface area contributed by atoms with Crippen LogP contribution in [0.4, 0.5) is 8.78 Å². The van der Waals surface area contributed by atoms with Crippen LogP contribution in [0.25, 0.3) is 41.7 Å². The summed E-state index contributed by atoms with van der Waals surface area (Å²) in [7, 11) is 0. The Labute approximate surface area is 177 Å². The third kappa shape index (κ3) is 3.50. The van der Waals surface area contributed by atoms with Crippen LogP contribution in [0, 0.1) is 11.6 Å². The molecule has 1 aromatic heterocycles. The Morgan fingerprint density at radius 3 is 2.03 bits per heavy atom. The highest BCUT2D eigenvalue weighted by Crippen LogP contribution is 2.39. The van der Waals surface area contributed by atoms with Gasteiger partial charge < -0.3 is 4.74 Å². The molecule has 1 heterocycles. The van der Waals surface area contributed by atoms with Crippen LogP contribution in [-0.2, 0) is 0 Å². The smallest absolute Gasteiger partial charge is 0.159 e. The first-order valence-electron chi connectivity index (χ1n) is 10.4. The number of fused-ring (bicyclic) bond motifs is 5. The average molecular weight is 421 g/mol. The van der Waals surface area contributed by atoms with Crippen molar-refractivity contribution >= 4 is 53.1 Å². The Morgan fingerprint density at radius 2 is 1.33 bits per heavy atom. The molecule has 0 aliphatic carbocycles. The normalized spacial score (nSPS) is 11.8. The van der Waals surface area contributed by atoms with Crippen molar-refractivity contribution in [3.8, 4) is 5.75 Å². The monoisotopic (exact) mass is 420 g/mol. The average Bonchev–Trinajstić information content (AvgIpc) is 3.07. The van der Waals surface area contributed by atoms with Crippen molar-refractivity contribution in [1.82, 2.24) is 0 Å². The van der Waals surface area contributed by atoms with Crippen molar-refractivity contribution in [2.45, 2.75) is 32.6 Å². The topological polar surface area (TPSA) is 9.23 Å². The van der Waals surface area contributed by atoms with E-state index in [0.717, 1.165) is 55.1 Å². The van der Waals surface area contributed by atoms with Gasteiger partial charge in [0.05, 0.1) is 6.61 Å². The summed E-state index contributed by atoms with van der Waals surface area (Å²) in [4.78, 5) is 0. The zero-order chi connectivity index (χ0) is 20.7. The van der Waals surface area contributed by atoms with Gasteiger partial charge in [-0.15, -0.1) is 11.3 Å². The van der Waals surface area contributed by atoms with E-state index in [2.05, 4.69) is 31.2 Å². The lowest BCUT2D eigenvalue weighted by Crippen LogP contribution is -1.96. The molecule has 4 aromatic carbocycles. The van der Waals surface area contributed by atoms with E-state index in [1.54, 1.807) is 11.3 Å². The van der Waals surface area contributed by atoms with Crippen molar-refractivity contribution in [2.75, 3.05) is 6.61 Å². The Bertz CT molecular complexity index is 1390. The Balaban J connectivity index is 1.55. The van der Waals surface area contributed by atoms with Gasteiger partial charge in [0.1, 0.15) is 5.75 Å². The quantitative estimate of drug-likeness (QED) is 0.250. The predicted octanol–water partition coefficient (Wildman–Crippen LogP) is 8.60. The first kappa shape index (κ1) is 19.3. The maximum absolute atomic E-state index is 13.7. The lowest BCUT2D eigenvalue weighted by molar-refractivity contribution is 0.305. The minimum Gasteiger partial charge on any atom is -0.494 e. The van der Waals surface area contributed by atoms with Crippen molar-refractivity contribution in [3.05, 3.63) is 66.2 Å². The van der Waals surface area contributed by atoms with E-state index in [-0.39, 0.29) is 0 Å².